The lowest BCUT2D eigenvalue weighted by molar-refractivity contribution is 0.216. The van der Waals surface area contributed by atoms with Gasteiger partial charge >= 0.3 is 0 Å². The first kappa shape index (κ1) is 13.1. The molecule has 1 aromatic heterocycles. The molecule has 0 saturated carbocycles. The summed E-state index contributed by atoms with van der Waals surface area (Å²) in [5, 5.41) is 9.51. The van der Waals surface area contributed by atoms with E-state index in [-0.39, 0.29) is 6.61 Å². The zero-order chi connectivity index (χ0) is 13.0. The zero-order valence-electron chi connectivity index (χ0n) is 10.1. The minimum absolute atomic E-state index is 0.137. The molecule has 0 spiro atoms. The number of oxazole rings is 1. The maximum absolute atomic E-state index is 8.83. The van der Waals surface area contributed by atoms with Crippen LogP contribution in [0.2, 0.25) is 5.02 Å². The quantitative estimate of drug-likeness (QED) is 0.903. The molecule has 1 heterocycles. The molecule has 1 N–H and O–H groups in total. The predicted molar refractivity (Wildman–Crippen MR) is 70.4 cm³/mol. The highest BCUT2D eigenvalue weighted by Crippen LogP contribution is 2.21. The Morgan fingerprint density at radius 1 is 1.33 bits per heavy atom. The largest absolute Gasteiger partial charge is 0.444 e. The number of benzene rings is 1. The number of rotatable bonds is 5. The minimum atomic E-state index is 0.137. The molecule has 96 valence electrons. The normalized spacial score (nSPS) is 11.1. The molecule has 0 amide bonds. The van der Waals surface area contributed by atoms with Crippen molar-refractivity contribution in [2.45, 2.75) is 6.54 Å². The van der Waals surface area contributed by atoms with Crippen LogP contribution >= 0.6 is 11.6 Å². The molecule has 0 fully saturated rings. The Kier molecular flexibility index (Phi) is 4.36. The van der Waals surface area contributed by atoms with Crippen molar-refractivity contribution in [3.05, 3.63) is 41.2 Å². The highest BCUT2D eigenvalue weighted by Gasteiger charge is 2.08. The molecule has 0 radical (unpaired) electrons. The summed E-state index contributed by atoms with van der Waals surface area (Å²) in [6.07, 6.45) is 1.64. The van der Waals surface area contributed by atoms with E-state index in [9.17, 15) is 0 Å². The Morgan fingerprint density at radius 2 is 2.06 bits per heavy atom. The smallest absolute Gasteiger partial charge is 0.226 e. The maximum atomic E-state index is 8.83. The van der Waals surface area contributed by atoms with Gasteiger partial charge in [-0.15, -0.1) is 0 Å². The van der Waals surface area contributed by atoms with Crippen LogP contribution in [-0.2, 0) is 6.54 Å². The molecule has 0 bridgehead atoms. The number of nitrogens with zero attached hydrogens (tertiary/aromatic N) is 2. The first-order chi connectivity index (χ1) is 8.69. The van der Waals surface area contributed by atoms with Crippen LogP contribution in [0.15, 0.2) is 34.9 Å². The Bertz CT molecular complexity index is 496. The summed E-state index contributed by atoms with van der Waals surface area (Å²) in [6, 6.07) is 7.35. The van der Waals surface area contributed by atoms with Gasteiger partial charge in [-0.3, -0.25) is 4.90 Å². The molecular formula is C13H15ClN2O2. The van der Waals surface area contributed by atoms with E-state index in [1.807, 2.05) is 24.1 Å². The Morgan fingerprint density at radius 3 is 2.72 bits per heavy atom. The lowest BCUT2D eigenvalue weighted by Gasteiger charge is -2.11. The van der Waals surface area contributed by atoms with E-state index in [0.717, 1.165) is 11.3 Å². The summed E-state index contributed by atoms with van der Waals surface area (Å²) in [7, 11) is 1.92. The molecule has 0 atom stereocenters. The summed E-state index contributed by atoms with van der Waals surface area (Å²) < 4.78 is 5.43. The average Bonchev–Trinajstić information content (AvgIpc) is 2.78. The van der Waals surface area contributed by atoms with E-state index in [1.165, 1.54) is 0 Å². The van der Waals surface area contributed by atoms with Crippen molar-refractivity contribution in [2.24, 2.45) is 0 Å². The van der Waals surface area contributed by atoms with Crippen LogP contribution in [0, 0.1) is 0 Å². The van der Waals surface area contributed by atoms with Crippen molar-refractivity contribution in [2.75, 3.05) is 20.2 Å². The minimum Gasteiger partial charge on any atom is -0.444 e. The highest BCUT2D eigenvalue weighted by molar-refractivity contribution is 6.30. The molecule has 0 aliphatic carbocycles. The van der Waals surface area contributed by atoms with Crippen LogP contribution in [0.3, 0.4) is 0 Å². The number of halogens is 1. The van der Waals surface area contributed by atoms with E-state index in [1.54, 1.807) is 18.4 Å². The van der Waals surface area contributed by atoms with Gasteiger partial charge in [0, 0.05) is 23.7 Å². The Labute approximate surface area is 111 Å². The van der Waals surface area contributed by atoms with E-state index in [2.05, 4.69) is 4.98 Å². The van der Waals surface area contributed by atoms with Gasteiger partial charge < -0.3 is 9.52 Å². The number of aliphatic hydroxyl groups excluding tert-OH is 1. The summed E-state index contributed by atoms with van der Waals surface area (Å²) in [5.41, 5.74) is 1.74. The second kappa shape index (κ2) is 6.00. The van der Waals surface area contributed by atoms with Gasteiger partial charge in [0.25, 0.3) is 0 Å². The van der Waals surface area contributed by atoms with Crippen molar-refractivity contribution in [1.82, 2.24) is 9.88 Å². The number of likely N-dealkylation sites (N-methyl/N-ethyl adjacent to an activating group) is 1. The van der Waals surface area contributed by atoms with Crippen molar-refractivity contribution < 1.29 is 9.52 Å². The van der Waals surface area contributed by atoms with E-state index < -0.39 is 0 Å². The molecule has 0 saturated heterocycles. The van der Waals surface area contributed by atoms with Crippen LogP contribution in [0.5, 0.6) is 0 Å². The molecule has 1 aromatic carbocycles. The van der Waals surface area contributed by atoms with E-state index in [4.69, 9.17) is 21.1 Å². The van der Waals surface area contributed by atoms with Gasteiger partial charge in [-0.05, 0) is 31.3 Å². The Hall–Kier alpha value is -1.36. The summed E-state index contributed by atoms with van der Waals surface area (Å²) in [6.45, 7) is 1.40. The predicted octanol–water partition coefficient (Wildman–Crippen LogP) is 2.42. The molecule has 2 aromatic rings. The van der Waals surface area contributed by atoms with Gasteiger partial charge in [-0.1, -0.05) is 11.6 Å². The molecule has 0 aliphatic rings. The zero-order valence-corrected chi connectivity index (χ0v) is 10.9. The van der Waals surface area contributed by atoms with E-state index >= 15 is 0 Å². The third kappa shape index (κ3) is 3.32. The van der Waals surface area contributed by atoms with Gasteiger partial charge in [-0.25, -0.2) is 4.98 Å². The van der Waals surface area contributed by atoms with Crippen molar-refractivity contribution in [1.29, 1.82) is 0 Å². The fourth-order valence-corrected chi connectivity index (χ4v) is 1.76. The number of hydrogen-bond acceptors (Lipinski definition) is 4. The number of hydrogen-bond donors (Lipinski definition) is 1. The molecule has 18 heavy (non-hydrogen) atoms. The third-order valence-electron chi connectivity index (χ3n) is 2.56. The SMILES string of the molecule is CN(CCO)Cc1coc(-c2ccc(Cl)cc2)n1. The molecule has 4 nitrogen and oxygen atoms in total. The highest BCUT2D eigenvalue weighted by atomic mass is 35.5. The summed E-state index contributed by atoms with van der Waals surface area (Å²) >= 11 is 5.83. The van der Waals surface area contributed by atoms with Crippen LogP contribution in [-0.4, -0.2) is 35.2 Å². The monoisotopic (exact) mass is 266 g/mol. The Balaban J connectivity index is 2.08. The second-order valence-electron chi connectivity index (χ2n) is 4.11. The maximum Gasteiger partial charge on any atom is 0.226 e. The molecule has 0 aliphatic heterocycles. The fraction of sp³-hybridized carbons (Fsp3) is 0.308. The molecule has 2 rings (SSSR count). The number of aliphatic hydroxyl groups is 1. The summed E-state index contributed by atoms with van der Waals surface area (Å²) in [5.74, 6) is 0.582. The van der Waals surface area contributed by atoms with Crippen LogP contribution < -0.4 is 0 Å². The van der Waals surface area contributed by atoms with Crippen molar-refractivity contribution in [3.63, 3.8) is 0 Å². The van der Waals surface area contributed by atoms with E-state index in [0.29, 0.717) is 24.0 Å². The van der Waals surface area contributed by atoms with Gasteiger partial charge in [0.2, 0.25) is 5.89 Å². The van der Waals surface area contributed by atoms with Crippen molar-refractivity contribution in [3.8, 4) is 11.5 Å². The van der Waals surface area contributed by atoms with Crippen molar-refractivity contribution >= 4 is 11.6 Å². The van der Waals surface area contributed by atoms with Crippen LogP contribution in [0.25, 0.3) is 11.5 Å². The number of aromatic nitrogens is 1. The van der Waals surface area contributed by atoms with Crippen LogP contribution in [0.1, 0.15) is 5.69 Å². The third-order valence-corrected chi connectivity index (χ3v) is 2.81. The topological polar surface area (TPSA) is 49.5 Å². The summed E-state index contributed by atoms with van der Waals surface area (Å²) in [4.78, 5) is 6.38. The van der Waals surface area contributed by atoms with Gasteiger partial charge in [0.1, 0.15) is 6.26 Å². The first-order valence-electron chi connectivity index (χ1n) is 5.69. The van der Waals surface area contributed by atoms with Gasteiger partial charge in [0.05, 0.1) is 12.3 Å². The lowest BCUT2D eigenvalue weighted by atomic mass is 10.2. The first-order valence-corrected chi connectivity index (χ1v) is 6.06. The average molecular weight is 267 g/mol. The van der Waals surface area contributed by atoms with Crippen LogP contribution in [0.4, 0.5) is 0 Å². The molecule has 0 unspecified atom stereocenters. The fourth-order valence-electron chi connectivity index (χ4n) is 1.63. The lowest BCUT2D eigenvalue weighted by Crippen LogP contribution is -2.21. The molecule has 5 heteroatoms. The standard InChI is InChI=1S/C13H15ClN2O2/c1-16(6-7-17)8-12-9-18-13(15-12)10-2-4-11(14)5-3-10/h2-5,9,17H,6-8H2,1H3. The van der Waals surface area contributed by atoms with Gasteiger partial charge in [0.15, 0.2) is 0 Å². The molecular weight excluding hydrogens is 252 g/mol. The van der Waals surface area contributed by atoms with Gasteiger partial charge in [-0.2, -0.15) is 0 Å². The second-order valence-corrected chi connectivity index (χ2v) is 4.55.